The van der Waals surface area contributed by atoms with Crippen molar-refractivity contribution in [2.75, 3.05) is 32.8 Å². The van der Waals surface area contributed by atoms with Gasteiger partial charge >= 0.3 is 0 Å². The van der Waals surface area contributed by atoms with E-state index in [0.717, 1.165) is 17.5 Å². The Morgan fingerprint density at radius 2 is 1.92 bits per heavy atom. The lowest BCUT2D eigenvalue weighted by molar-refractivity contribution is -0.137. The molecule has 0 spiro atoms. The van der Waals surface area contributed by atoms with Crippen molar-refractivity contribution in [1.82, 2.24) is 9.80 Å². The summed E-state index contributed by atoms with van der Waals surface area (Å²) < 4.78 is 25.0. The van der Waals surface area contributed by atoms with Gasteiger partial charge in [-0.15, -0.1) is 11.3 Å². The SMILES string of the molecule is CC(C)N(CC(=O)N1CCc2sccc2[C@@H]1COc1ccc(F)cc1)C[C@@H](O)COCc1ccccc1. The summed E-state index contributed by atoms with van der Waals surface area (Å²) >= 11 is 1.70. The highest BCUT2D eigenvalue weighted by Gasteiger charge is 2.33. The molecule has 1 aliphatic rings. The van der Waals surface area contributed by atoms with Gasteiger partial charge in [0.15, 0.2) is 0 Å². The summed E-state index contributed by atoms with van der Waals surface area (Å²) in [7, 11) is 0. The van der Waals surface area contributed by atoms with Crippen LogP contribution in [0.3, 0.4) is 0 Å². The van der Waals surface area contributed by atoms with Crippen molar-refractivity contribution in [3.05, 3.63) is 87.9 Å². The second kappa shape index (κ2) is 13.1. The third kappa shape index (κ3) is 7.61. The zero-order chi connectivity index (χ0) is 26.2. The molecular formula is C29H35FN2O4S. The van der Waals surface area contributed by atoms with Gasteiger partial charge in [-0.1, -0.05) is 30.3 Å². The van der Waals surface area contributed by atoms with Gasteiger partial charge < -0.3 is 19.5 Å². The number of fused-ring (bicyclic) bond motifs is 1. The van der Waals surface area contributed by atoms with E-state index in [0.29, 0.717) is 32.1 Å². The highest BCUT2D eigenvalue weighted by molar-refractivity contribution is 7.10. The molecule has 0 fully saturated rings. The molecular weight excluding hydrogens is 491 g/mol. The van der Waals surface area contributed by atoms with Crippen LogP contribution in [-0.4, -0.2) is 65.8 Å². The number of amides is 1. The van der Waals surface area contributed by atoms with Crippen molar-refractivity contribution < 1.29 is 23.8 Å². The first-order valence-electron chi connectivity index (χ1n) is 12.7. The number of hydrogen-bond acceptors (Lipinski definition) is 6. The number of thiophene rings is 1. The van der Waals surface area contributed by atoms with Gasteiger partial charge in [0.1, 0.15) is 18.2 Å². The monoisotopic (exact) mass is 526 g/mol. The molecule has 1 aromatic heterocycles. The summed E-state index contributed by atoms with van der Waals surface area (Å²) in [4.78, 5) is 18.7. The third-order valence-corrected chi connectivity index (χ3v) is 7.57. The highest BCUT2D eigenvalue weighted by atomic mass is 32.1. The second-order valence-electron chi connectivity index (χ2n) is 9.59. The van der Waals surface area contributed by atoms with Crippen LogP contribution in [0, 0.1) is 5.82 Å². The number of rotatable bonds is 12. The molecule has 0 aliphatic carbocycles. The standard InChI is InChI=1S/C29H35FN2O4S/c1-21(2)31(16-24(33)19-35-18-22-6-4-3-5-7-22)17-29(34)32-14-12-28-26(13-15-37-28)27(32)20-36-25-10-8-23(30)9-11-25/h3-11,13,15,21,24,27,33H,12,14,16-20H2,1-2H3/t24-,27+/m1/s1. The Morgan fingerprint density at radius 1 is 1.16 bits per heavy atom. The summed E-state index contributed by atoms with van der Waals surface area (Å²) in [6, 6.07) is 17.7. The maximum absolute atomic E-state index is 13.6. The molecule has 2 aromatic carbocycles. The number of ether oxygens (including phenoxy) is 2. The molecule has 2 heterocycles. The minimum Gasteiger partial charge on any atom is -0.491 e. The first kappa shape index (κ1) is 27.3. The molecule has 8 heteroatoms. The van der Waals surface area contributed by atoms with E-state index >= 15 is 0 Å². The van der Waals surface area contributed by atoms with Crippen molar-refractivity contribution in [2.24, 2.45) is 0 Å². The molecule has 0 radical (unpaired) electrons. The molecule has 0 saturated heterocycles. The van der Waals surface area contributed by atoms with Crippen LogP contribution in [0.5, 0.6) is 5.75 Å². The largest absolute Gasteiger partial charge is 0.491 e. The maximum atomic E-state index is 13.6. The Bertz CT molecular complexity index is 1120. The van der Waals surface area contributed by atoms with Crippen molar-refractivity contribution >= 4 is 17.2 Å². The van der Waals surface area contributed by atoms with Gasteiger partial charge in [0.05, 0.1) is 31.9 Å². The molecule has 37 heavy (non-hydrogen) atoms. The predicted molar refractivity (Wildman–Crippen MR) is 143 cm³/mol. The smallest absolute Gasteiger partial charge is 0.237 e. The Hall–Kier alpha value is -2.78. The first-order valence-corrected chi connectivity index (χ1v) is 13.6. The molecule has 198 valence electrons. The number of aliphatic hydroxyl groups excluding tert-OH is 1. The Balaban J connectivity index is 1.36. The van der Waals surface area contributed by atoms with Gasteiger partial charge in [0.2, 0.25) is 5.91 Å². The second-order valence-corrected chi connectivity index (χ2v) is 10.6. The summed E-state index contributed by atoms with van der Waals surface area (Å²) in [6.07, 6.45) is 0.102. The molecule has 3 aromatic rings. The summed E-state index contributed by atoms with van der Waals surface area (Å²) in [5.41, 5.74) is 2.16. The minimum atomic E-state index is -0.707. The third-order valence-electron chi connectivity index (χ3n) is 6.57. The quantitative estimate of drug-likeness (QED) is 0.371. The summed E-state index contributed by atoms with van der Waals surface area (Å²) in [5, 5.41) is 12.7. The van der Waals surface area contributed by atoms with Crippen LogP contribution < -0.4 is 4.74 Å². The fourth-order valence-electron chi connectivity index (χ4n) is 4.51. The van der Waals surface area contributed by atoms with Crippen LogP contribution in [0.2, 0.25) is 0 Å². The maximum Gasteiger partial charge on any atom is 0.237 e. The van der Waals surface area contributed by atoms with E-state index in [9.17, 15) is 14.3 Å². The Morgan fingerprint density at radius 3 is 2.65 bits per heavy atom. The number of nitrogens with zero attached hydrogens (tertiary/aromatic N) is 2. The first-order chi connectivity index (χ1) is 17.9. The lowest BCUT2D eigenvalue weighted by atomic mass is 10.00. The van der Waals surface area contributed by atoms with Crippen molar-refractivity contribution in [2.45, 2.75) is 45.1 Å². The van der Waals surface area contributed by atoms with Crippen LogP contribution >= 0.6 is 11.3 Å². The fourth-order valence-corrected chi connectivity index (χ4v) is 5.44. The molecule has 1 N–H and O–H groups in total. The van der Waals surface area contributed by atoms with Crippen LogP contribution in [0.15, 0.2) is 66.0 Å². The van der Waals surface area contributed by atoms with E-state index < -0.39 is 6.10 Å². The lowest BCUT2D eigenvalue weighted by Gasteiger charge is -2.38. The topological polar surface area (TPSA) is 62.2 Å². The Kier molecular flexibility index (Phi) is 9.68. The molecule has 4 rings (SSSR count). The zero-order valence-corrected chi connectivity index (χ0v) is 22.2. The molecule has 0 unspecified atom stereocenters. The van der Waals surface area contributed by atoms with E-state index in [1.165, 1.54) is 17.0 Å². The van der Waals surface area contributed by atoms with Crippen LogP contribution in [-0.2, 0) is 22.6 Å². The number of carbonyl (C=O) groups excluding carboxylic acids is 1. The fraction of sp³-hybridized carbons (Fsp3) is 0.414. The van der Waals surface area contributed by atoms with Crippen LogP contribution in [0.1, 0.15) is 35.9 Å². The number of benzene rings is 2. The van der Waals surface area contributed by atoms with E-state index in [4.69, 9.17) is 9.47 Å². The van der Waals surface area contributed by atoms with Gasteiger partial charge in [-0.2, -0.15) is 0 Å². The minimum absolute atomic E-state index is 0.00402. The molecule has 1 aliphatic heterocycles. The molecule has 0 saturated carbocycles. The highest BCUT2D eigenvalue weighted by Crippen LogP contribution is 2.34. The van der Waals surface area contributed by atoms with Crippen molar-refractivity contribution in [3.63, 3.8) is 0 Å². The molecule has 2 atom stereocenters. The van der Waals surface area contributed by atoms with Gasteiger partial charge in [0.25, 0.3) is 0 Å². The number of carbonyl (C=O) groups is 1. The number of aliphatic hydroxyl groups is 1. The van der Waals surface area contributed by atoms with Gasteiger partial charge in [-0.3, -0.25) is 9.69 Å². The van der Waals surface area contributed by atoms with Gasteiger partial charge in [-0.25, -0.2) is 4.39 Å². The number of hydrogen-bond donors (Lipinski definition) is 1. The van der Waals surface area contributed by atoms with Crippen LogP contribution in [0.25, 0.3) is 0 Å². The molecule has 6 nitrogen and oxygen atoms in total. The average molecular weight is 527 g/mol. The Labute approximate surface area is 222 Å². The summed E-state index contributed by atoms with van der Waals surface area (Å²) in [5.74, 6) is 0.248. The normalized spacial score (nSPS) is 16.2. The lowest BCUT2D eigenvalue weighted by Crippen LogP contribution is -2.49. The van der Waals surface area contributed by atoms with E-state index in [1.54, 1.807) is 23.5 Å². The van der Waals surface area contributed by atoms with Crippen molar-refractivity contribution in [3.8, 4) is 5.75 Å². The zero-order valence-electron chi connectivity index (χ0n) is 21.4. The molecule has 1 amide bonds. The van der Waals surface area contributed by atoms with E-state index in [2.05, 4.69) is 11.4 Å². The van der Waals surface area contributed by atoms with Gasteiger partial charge in [-0.05, 0) is 67.1 Å². The van der Waals surface area contributed by atoms with E-state index in [-0.39, 0.29) is 37.0 Å². The van der Waals surface area contributed by atoms with E-state index in [1.807, 2.05) is 54.0 Å². The molecule has 0 bridgehead atoms. The van der Waals surface area contributed by atoms with Crippen LogP contribution in [0.4, 0.5) is 4.39 Å². The average Bonchev–Trinajstić information content (AvgIpc) is 3.37. The van der Waals surface area contributed by atoms with Gasteiger partial charge in [0, 0.05) is 24.0 Å². The predicted octanol–water partition coefficient (Wildman–Crippen LogP) is 4.68. The summed E-state index contributed by atoms with van der Waals surface area (Å²) in [6.45, 7) is 6.11. The van der Waals surface area contributed by atoms with Crippen molar-refractivity contribution in [1.29, 1.82) is 0 Å². The number of halogens is 1.